The summed E-state index contributed by atoms with van der Waals surface area (Å²) in [6.07, 6.45) is 0.837. The monoisotopic (exact) mass is 443 g/mol. The minimum Gasteiger partial charge on any atom is -0.483 e. The number of nitrogens with zero attached hydrogens (tertiary/aromatic N) is 2. The second-order valence-corrected chi connectivity index (χ2v) is 9.47. The van der Waals surface area contributed by atoms with Crippen LogP contribution in [0.1, 0.15) is 29.1 Å². The maximum absolute atomic E-state index is 12.6. The lowest BCUT2D eigenvalue weighted by Crippen LogP contribution is -2.51. The van der Waals surface area contributed by atoms with Crippen molar-refractivity contribution in [3.8, 4) is 11.5 Å². The van der Waals surface area contributed by atoms with Crippen molar-refractivity contribution in [2.45, 2.75) is 25.9 Å². The maximum atomic E-state index is 12.6. The van der Waals surface area contributed by atoms with Gasteiger partial charge in [-0.1, -0.05) is 18.2 Å². The van der Waals surface area contributed by atoms with Crippen LogP contribution in [-0.2, 0) is 11.2 Å². The third-order valence-electron chi connectivity index (χ3n) is 5.59. The lowest BCUT2D eigenvalue weighted by atomic mass is 10.0. The van der Waals surface area contributed by atoms with Gasteiger partial charge in [-0.3, -0.25) is 14.5 Å². The molecule has 0 saturated carbocycles. The van der Waals surface area contributed by atoms with Crippen molar-refractivity contribution in [3.05, 3.63) is 46.2 Å². The molecule has 1 N–H and O–H groups in total. The van der Waals surface area contributed by atoms with E-state index in [4.69, 9.17) is 9.47 Å². The molecule has 1 aromatic carbocycles. The minimum absolute atomic E-state index is 0.0110. The smallest absolute Gasteiger partial charge is 0.261 e. The number of nitrogens with one attached hydrogen (secondary N) is 1. The normalized spacial score (nSPS) is 17.7. The average molecular weight is 444 g/mol. The van der Waals surface area contributed by atoms with Crippen LogP contribution in [0.5, 0.6) is 11.5 Å². The Morgan fingerprint density at radius 2 is 1.97 bits per heavy atom. The van der Waals surface area contributed by atoms with Gasteiger partial charge < -0.3 is 19.7 Å². The molecule has 1 aromatic heterocycles. The van der Waals surface area contributed by atoms with E-state index in [9.17, 15) is 9.59 Å². The fourth-order valence-electron chi connectivity index (χ4n) is 3.98. The van der Waals surface area contributed by atoms with E-state index in [1.807, 2.05) is 40.6 Å². The van der Waals surface area contributed by atoms with Gasteiger partial charge in [-0.25, -0.2) is 0 Å². The van der Waals surface area contributed by atoms with Gasteiger partial charge in [-0.2, -0.15) is 0 Å². The number of benzene rings is 1. The van der Waals surface area contributed by atoms with E-state index in [0.29, 0.717) is 25.4 Å². The van der Waals surface area contributed by atoms with Gasteiger partial charge in [-0.05, 0) is 31.4 Å². The van der Waals surface area contributed by atoms with E-state index < -0.39 is 0 Å². The molecule has 0 unspecified atom stereocenters. The Balaban J connectivity index is 1.18. The zero-order chi connectivity index (χ0) is 21.8. The number of rotatable bonds is 7. The average Bonchev–Trinajstić information content (AvgIpc) is 3.39. The Labute approximate surface area is 186 Å². The molecule has 3 heterocycles. The second-order valence-electron chi connectivity index (χ2n) is 8.53. The van der Waals surface area contributed by atoms with E-state index >= 15 is 0 Å². The van der Waals surface area contributed by atoms with E-state index in [-0.39, 0.29) is 24.0 Å². The first-order chi connectivity index (χ1) is 14.9. The molecular weight excluding hydrogens is 414 g/mol. The van der Waals surface area contributed by atoms with Crippen LogP contribution >= 0.6 is 11.3 Å². The van der Waals surface area contributed by atoms with E-state index in [1.54, 1.807) is 0 Å². The molecule has 0 atom stereocenters. The van der Waals surface area contributed by atoms with Gasteiger partial charge in [0.1, 0.15) is 5.60 Å². The van der Waals surface area contributed by atoms with Crippen LogP contribution < -0.4 is 14.8 Å². The summed E-state index contributed by atoms with van der Waals surface area (Å²) in [6, 6.07) is 9.54. The van der Waals surface area contributed by atoms with Gasteiger partial charge in [-0.15, -0.1) is 11.3 Å². The molecule has 0 bridgehead atoms. The number of carbonyl (C=O) groups excluding carboxylic acids is 2. The summed E-state index contributed by atoms with van der Waals surface area (Å²) >= 11 is 1.44. The molecular formula is C23H29N3O4S. The van der Waals surface area contributed by atoms with E-state index in [0.717, 1.165) is 42.2 Å². The first-order valence-electron chi connectivity index (χ1n) is 10.7. The van der Waals surface area contributed by atoms with Gasteiger partial charge in [0.05, 0.1) is 4.88 Å². The molecule has 0 spiro atoms. The standard InChI is InChI=1S/C23H29N3O4S/c1-23(2)15-17-5-3-6-18(21(17)30-23)29-16-20(27)26-12-10-25(11-13-26)9-8-24-22(28)19-7-4-14-31-19/h3-7,14H,8-13,15-16H2,1-2H3,(H,24,28). The molecule has 1 fully saturated rings. The predicted octanol–water partition coefficient (Wildman–Crippen LogP) is 2.41. The molecule has 2 aliphatic rings. The van der Waals surface area contributed by atoms with Gasteiger partial charge >= 0.3 is 0 Å². The lowest BCUT2D eigenvalue weighted by Gasteiger charge is -2.34. The van der Waals surface area contributed by atoms with Crippen LogP contribution in [0.3, 0.4) is 0 Å². The molecule has 2 aliphatic heterocycles. The summed E-state index contributed by atoms with van der Waals surface area (Å²) in [7, 11) is 0. The predicted molar refractivity (Wildman–Crippen MR) is 120 cm³/mol. The molecule has 2 aromatic rings. The number of amides is 2. The third kappa shape index (κ3) is 5.37. The fourth-order valence-corrected chi connectivity index (χ4v) is 4.62. The number of thiophene rings is 1. The second kappa shape index (κ2) is 9.28. The van der Waals surface area contributed by atoms with Crippen LogP contribution in [-0.4, -0.2) is 73.1 Å². The van der Waals surface area contributed by atoms with Gasteiger partial charge in [0.15, 0.2) is 18.1 Å². The van der Waals surface area contributed by atoms with E-state index in [1.165, 1.54) is 11.3 Å². The summed E-state index contributed by atoms with van der Waals surface area (Å²) in [4.78, 5) is 29.5. The van der Waals surface area contributed by atoms with Crippen molar-refractivity contribution in [3.63, 3.8) is 0 Å². The number of hydrogen-bond donors (Lipinski definition) is 1. The maximum Gasteiger partial charge on any atom is 0.261 e. The number of hydrogen-bond acceptors (Lipinski definition) is 6. The molecule has 7 nitrogen and oxygen atoms in total. The highest BCUT2D eigenvalue weighted by Crippen LogP contribution is 2.41. The van der Waals surface area contributed by atoms with Crippen molar-refractivity contribution in [2.75, 3.05) is 45.9 Å². The number of para-hydroxylation sites is 1. The van der Waals surface area contributed by atoms with Crippen molar-refractivity contribution < 1.29 is 19.1 Å². The highest BCUT2D eigenvalue weighted by molar-refractivity contribution is 7.12. The summed E-state index contributed by atoms with van der Waals surface area (Å²) < 4.78 is 11.8. The Morgan fingerprint density at radius 3 is 2.71 bits per heavy atom. The molecule has 0 aliphatic carbocycles. The highest BCUT2D eigenvalue weighted by Gasteiger charge is 2.32. The van der Waals surface area contributed by atoms with Crippen LogP contribution in [0.4, 0.5) is 0 Å². The summed E-state index contributed by atoms with van der Waals surface area (Å²) in [5.41, 5.74) is 0.875. The summed E-state index contributed by atoms with van der Waals surface area (Å²) in [6.45, 7) is 8.40. The largest absolute Gasteiger partial charge is 0.483 e. The molecule has 31 heavy (non-hydrogen) atoms. The zero-order valence-electron chi connectivity index (χ0n) is 18.1. The minimum atomic E-state index is -0.245. The molecule has 8 heteroatoms. The first kappa shape index (κ1) is 21.6. The third-order valence-corrected chi connectivity index (χ3v) is 6.46. The van der Waals surface area contributed by atoms with Crippen molar-refractivity contribution in [2.24, 2.45) is 0 Å². The first-order valence-corrected chi connectivity index (χ1v) is 11.5. The van der Waals surface area contributed by atoms with Crippen LogP contribution in [0.2, 0.25) is 0 Å². The SMILES string of the molecule is CC1(C)Cc2cccc(OCC(=O)N3CCN(CCNC(=O)c4cccs4)CC3)c2O1. The van der Waals surface area contributed by atoms with Crippen LogP contribution in [0, 0.1) is 0 Å². The molecule has 166 valence electrons. The Hall–Kier alpha value is -2.58. The zero-order valence-corrected chi connectivity index (χ0v) is 18.9. The van der Waals surface area contributed by atoms with Crippen LogP contribution in [0.25, 0.3) is 0 Å². The Kier molecular flexibility index (Phi) is 6.48. The van der Waals surface area contributed by atoms with Crippen molar-refractivity contribution in [1.82, 2.24) is 15.1 Å². The number of carbonyl (C=O) groups is 2. The molecule has 1 saturated heterocycles. The van der Waals surface area contributed by atoms with Gasteiger partial charge in [0.2, 0.25) is 0 Å². The quantitative estimate of drug-likeness (QED) is 0.712. The van der Waals surface area contributed by atoms with E-state index in [2.05, 4.69) is 24.1 Å². The highest BCUT2D eigenvalue weighted by atomic mass is 32.1. The molecule has 4 rings (SSSR count). The van der Waals surface area contributed by atoms with Crippen molar-refractivity contribution >= 4 is 23.2 Å². The van der Waals surface area contributed by atoms with Gasteiger partial charge in [0.25, 0.3) is 11.8 Å². The Morgan fingerprint density at radius 1 is 1.16 bits per heavy atom. The van der Waals surface area contributed by atoms with Crippen molar-refractivity contribution in [1.29, 1.82) is 0 Å². The fraction of sp³-hybridized carbons (Fsp3) is 0.478. The van der Waals surface area contributed by atoms with Gasteiger partial charge in [0, 0.05) is 51.3 Å². The molecule has 2 amide bonds. The number of piperazine rings is 1. The number of fused-ring (bicyclic) bond motifs is 1. The number of ether oxygens (including phenoxy) is 2. The topological polar surface area (TPSA) is 71.1 Å². The van der Waals surface area contributed by atoms with Crippen LogP contribution in [0.15, 0.2) is 35.7 Å². The lowest BCUT2D eigenvalue weighted by molar-refractivity contribution is -0.135. The summed E-state index contributed by atoms with van der Waals surface area (Å²) in [5.74, 6) is 1.35. The Bertz CT molecular complexity index is 921. The molecule has 0 radical (unpaired) electrons. The summed E-state index contributed by atoms with van der Waals surface area (Å²) in [5, 5.41) is 4.84.